The van der Waals surface area contributed by atoms with Crippen LogP contribution in [0.25, 0.3) is 0 Å². The van der Waals surface area contributed by atoms with Crippen LogP contribution in [-0.4, -0.2) is 44.0 Å². The van der Waals surface area contributed by atoms with Crippen LogP contribution in [0.4, 0.5) is 4.79 Å². The molecule has 1 heterocycles. The van der Waals surface area contributed by atoms with Gasteiger partial charge in [0.25, 0.3) is 5.91 Å². The standard InChI is InChI=1S/C16H27NO4Si/c1-5-11-20-16(19)17-13(12-9-10-12)14(15(17)18)21-22(6-2,7-3)8-4/h5,12-14H,1,6-11H2,2-4H3. The fourth-order valence-electron chi connectivity index (χ4n) is 3.18. The molecule has 0 bridgehead atoms. The lowest BCUT2D eigenvalue weighted by Gasteiger charge is -2.48. The van der Waals surface area contributed by atoms with Crippen LogP contribution in [0.1, 0.15) is 33.6 Å². The van der Waals surface area contributed by atoms with E-state index in [1.807, 2.05) is 0 Å². The van der Waals surface area contributed by atoms with Gasteiger partial charge in [0.1, 0.15) is 12.7 Å². The summed E-state index contributed by atoms with van der Waals surface area (Å²) in [6, 6.07) is 2.88. The first-order valence-electron chi connectivity index (χ1n) is 8.32. The van der Waals surface area contributed by atoms with E-state index >= 15 is 0 Å². The van der Waals surface area contributed by atoms with Gasteiger partial charge in [0.15, 0.2) is 8.32 Å². The zero-order valence-electron chi connectivity index (χ0n) is 13.8. The van der Waals surface area contributed by atoms with Gasteiger partial charge >= 0.3 is 6.09 Å². The first-order valence-corrected chi connectivity index (χ1v) is 10.8. The van der Waals surface area contributed by atoms with Crippen molar-refractivity contribution in [2.75, 3.05) is 6.61 Å². The topological polar surface area (TPSA) is 55.8 Å². The van der Waals surface area contributed by atoms with Gasteiger partial charge in [-0.25, -0.2) is 9.69 Å². The number of nitrogens with zero attached hydrogens (tertiary/aromatic N) is 1. The van der Waals surface area contributed by atoms with Crippen molar-refractivity contribution in [3.63, 3.8) is 0 Å². The SMILES string of the molecule is C=CCOC(=O)N1C(=O)C(O[Si](CC)(CC)CC)C1C1CC1. The molecular formula is C16H27NO4Si. The van der Waals surface area contributed by atoms with E-state index in [9.17, 15) is 9.59 Å². The molecule has 0 spiro atoms. The van der Waals surface area contributed by atoms with E-state index < -0.39 is 20.5 Å². The number of hydrogen-bond acceptors (Lipinski definition) is 4. The number of carbonyl (C=O) groups excluding carboxylic acids is 2. The van der Waals surface area contributed by atoms with E-state index in [4.69, 9.17) is 9.16 Å². The average Bonchev–Trinajstić information content (AvgIpc) is 3.36. The Hall–Kier alpha value is -1.14. The second-order valence-electron chi connectivity index (χ2n) is 6.18. The van der Waals surface area contributed by atoms with Gasteiger partial charge in [-0.05, 0) is 36.9 Å². The summed E-state index contributed by atoms with van der Waals surface area (Å²) in [5.41, 5.74) is 0. The Balaban J connectivity index is 2.08. The predicted octanol–water partition coefficient (Wildman–Crippen LogP) is 3.32. The van der Waals surface area contributed by atoms with Crippen molar-refractivity contribution in [3.05, 3.63) is 12.7 Å². The number of likely N-dealkylation sites (tertiary alicyclic amines) is 1. The molecule has 2 aliphatic rings. The van der Waals surface area contributed by atoms with Gasteiger partial charge in [-0.3, -0.25) is 4.79 Å². The normalized spacial score (nSPS) is 24.9. The minimum Gasteiger partial charge on any atom is -0.445 e. The van der Waals surface area contributed by atoms with Gasteiger partial charge in [0, 0.05) is 0 Å². The summed E-state index contributed by atoms with van der Waals surface area (Å²) in [6.45, 7) is 10.1. The van der Waals surface area contributed by atoms with Gasteiger partial charge in [-0.2, -0.15) is 0 Å². The van der Waals surface area contributed by atoms with Crippen molar-refractivity contribution in [2.24, 2.45) is 5.92 Å². The fourth-order valence-corrected chi connectivity index (χ4v) is 5.96. The number of carbonyl (C=O) groups is 2. The lowest BCUT2D eigenvalue weighted by molar-refractivity contribution is -0.161. The molecule has 0 aromatic rings. The summed E-state index contributed by atoms with van der Waals surface area (Å²) >= 11 is 0. The third kappa shape index (κ3) is 3.13. The third-order valence-electron chi connectivity index (χ3n) is 5.03. The quantitative estimate of drug-likeness (QED) is 0.390. The highest BCUT2D eigenvalue weighted by molar-refractivity contribution is 6.73. The lowest BCUT2D eigenvalue weighted by atomic mass is 9.94. The Kier molecular flexibility index (Phi) is 5.44. The second-order valence-corrected chi connectivity index (χ2v) is 10.9. The van der Waals surface area contributed by atoms with Crippen LogP contribution in [0.3, 0.4) is 0 Å². The van der Waals surface area contributed by atoms with E-state index in [1.165, 1.54) is 11.0 Å². The van der Waals surface area contributed by atoms with E-state index in [0.717, 1.165) is 31.0 Å². The molecule has 1 saturated carbocycles. The molecule has 2 unspecified atom stereocenters. The number of ether oxygens (including phenoxy) is 1. The van der Waals surface area contributed by atoms with Gasteiger partial charge < -0.3 is 9.16 Å². The Morgan fingerprint density at radius 2 is 1.91 bits per heavy atom. The third-order valence-corrected chi connectivity index (χ3v) is 9.65. The van der Waals surface area contributed by atoms with Crippen LogP contribution in [0.15, 0.2) is 12.7 Å². The lowest BCUT2D eigenvalue weighted by Crippen LogP contribution is -2.70. The molecule has 2 amide bonds. The Labute approximate surface area is 133 Å². The molecule has 0 N–H and O–H groups in total. The number of rotatable bonds is 8. The number of imide groups is 1. The molecular weight excluding hydrogens is 298 g/mol. The maximum atomic E-state index is 12.4. The summed E-state index contributed by atoms with van der Waals surface area (Å²) in [4.78, 5) is 25.7. The van der Waals surface area contributed by atoms with Crippen LogP contribution >= 0.6 is 0 Å². The van der Waals surface area contributed by atoms with Crippen LogP contribution < -0.4 is 0 Å². The van der Waals surface area contributed by atoms with Crippen molar-refractivity contribution in [2.45, 2.75) is 63.9 Å². The monoisotopic (exact) mass is 325 g/mol. The second kappa shape index (κ2) is 6.96. The maximum Gasteiger partial charge on any atom is 0.417 e. The number of hydrogen-bond donors (Lipinski definition) is 0. The smallest absolute Gasteiger partial charge is 0.417 e. The van der Waals surface area contributed by atoms with E-state index in [1.54, 1.807) is 0 Å². The zero-order valence-corrected chi connectivity index (χ0v) is 14.8. The summed E-state index contributed by atoms with van der Waals surface area (Å²) in [6.07, 6.45) is 2.63. The molecule has 0 aromatic carbocycles. The molecule has 1 aliphatic carbocycles. The molecule has 2 rings (SSSR count). The van der Waals surface area contributed by atoms with Crippen molar-refractivity contribution < 1.29 is 18.8 Å². The van der Waals surface area contributed by atoms with Crippen molar-refractivity contribution >= 4 is 20.3 Å². The molecule has 2 fully saturated rings. The molecule has 0 radical (unpaired) electrons. The molecule has 124 valence electrons. The van der Waals surface area contributed by atoms with Crippen molar-refractivity contribution in [1.82, 2.24) is 4.90 Å². The molecule has 2 atom stereocenters. The van der Waals surface area contributed by atoms with E-state index in [2.05, 4.69) is 27.4 Å². The summed E-state index contributed by atoms with van der Waals surface area (Å²) < 4.78 is 11.4. The van der Waals surface area contributed by atoms with Crippen molar-refractivity contribution in [3.8, 4) is 0 Å². The minimum atomic E-state index is -1.86. The zero-order chi connectivity index (χ0) is 16.3. The van der Waals surface area contributed by atoms with Gasteiger partial charge in [-0.15, -0.1) is 0 Å². The Bertz CT molecular complexity index is 437. The van der Waals surface area contributed by atoms with Crippen LogP contribution in [0, 0.1) is 5.92 Å². The van der Waals surface area contributed by atoms with Crippen molar-refractivity contribution in [1.29, 1.82) is 0 Å². The fraction of sp³-hybridized carbons (Fsp3) is 0.750. The first kappa shape index (κ1) is 17.2. The highest BCUT2D eigenvalue weighted by Crippen LogP contribution is 2.44. The summed E-state index contributed by atoms with van der Waals surface area (Å²) in [7, 11) is -1.86. The average molecular weight is 325 g/mol. The van der Waals surface area contributed by atoms with Crippen LogP contribution in [-0.2, 0) is 14.0 Å². The maximum absolute atomic E-state index is 12.4. The molecule has 1 aliphatic heterocycles. The van der Waals surface area contributed by atoms with E-state index in [0.29, 0.717) is 5.92 Å². The van der Waals surface area contributed by atoms with Crippen LogP contribution in [0.2, 0.25) is 18.1 Å². The molecule has 5 nitrogen and oxygen atoms in total. The molecule has 22 heavy (non-hydrogen) atoms. The van der Waals surface area contributed by atoms with Gasteiger partial charge in [-0.1, -0.05) is 33.4 Å². The largest absolute Gasteiger partial charge is 0.445 e. The van der Waals surface area contributed by atoms with E-state index in [-0.39, 0.29) is 18.6 Å². The highest BCUT2D eigenvalue weighted by atomic mass is 28.4. The molecule has 6 heteroatoms. The minimum absolute atomic E-state index is 0.124. The summed E-state index contributed by atoms with van der Waals surface area (Å²) in [5, 5.41) is 0. The van der Waals surface area contributed by atoms with Crippen LogP contribution in [0.5, 0.6) is 0 Å². The predicted molar refractivity (Wildman–Crippen MR) is 87.0 cm³/mol. The first-order chi connectivity index (χ1) is 10.5. The molecule has 0 aromatic heterocycles. The highest BCUT2D eigenvalue weighted by Gasteiger charge is 2.59. The summed E-state index contributed by atoms with van der Waals surface area (Å²) in [5.74, 6) is 0.162. The molecule has 1 saturated heterocycles. The van der Waals surface area contributed by atoms with Gasteiger partial charge in [0.05, 0.1) is 6.04 Å². The Morgan fingerprint density at radius 3 is 2.36 bits per heavy atom. The number of amides is 2. The van der Waals surface area contributed by atoms with Gasteiger partial charge in [0.2, 0.25) is 0 Å². The number of β-lactam (4-membered cyclic amide) rings is 1. The Morgan fingerprint density at radius 1 is 1.32 bits per heavy atom.